The quantitative estimate of drug-likeness (QED) is 0.774. The molecule has 1 fully saturated rings. The highest BCUT2D eigenvalue weighted by molar-refractivity contribution is 6.30. The molecule has 0 atom stereocenters. The molecule has 2 rings (SSSR count). The Labute approximate surface area is 115 Å². The minimum atomic E-state index is 0.817. The Bertz CT molecular complexity index is 331. The Morgan fingerprint density at radius 2 is 1.83 bits per heavy atom. The summed E-state index contributed by atoms with van der Waals surface area (Å²) in [6.07, 6.45) is 5.10. The van der Waals surface area contributed by atoms with Crippen LogP contribution in [-0.4, -0.2) is 26.2 Å². The second-order valence-corrected chi connectivity index (χ2v) is 5.54. The second-order valence-electron chi connectivity index (χ2n) is 5.11. The predicted octanol–water partition coefficient (Wildman–Crippen LogP) is 2.86. The highest BCUT2D eigenvalue weighted by atomic mass is 35.5. The summed E-state index contributed by atoms with van der Waals surface area (Å²) in [5.41, 5.74) is 1.36. The van der Waals surface area contributed by atoms with Gasteiger partial charge < -0.3 is 10.6 Å². The van der Waals surface area contributed by atoms with Crippen LogP contribution >= 0.6 is 11.6 Å². The third kappa shape index (κ3) is 4.97. The van der Waals surface area contributed by atoms with Crippen LogP contribution in [0.2, 0.25) is 5.02 Å². The molecule has 0 amide bonds. The number of hydrogen-bond donors (Lipinski definition) is 2. The lowest BCUT2D eigenvalue weighted by Gasteiger charge is -2.22. The number of nitrogens with one attached hydrogen (secondary N) is 2. The number of halogens is 1. The van der Waals surface area contributed by atoms with E-state index in [0.29, 0.717) is 0 Å². The molecule has 0 bridgehead atoms. The molecule has 1 saturated heterocycles. The summed E-state index contributed by atoms with van der Waals surface area (Å²) in [5, 5.41) is 7.77. The van der Waals surface area contributed by atoms with Crippen molar-refractivity contribution in [3.63, 3.8) is 0 Å². The average molecular weight is 267 g/mol. The van der Waals surface area contributed by atoms with Crippen LogP contribution in [0.15, 0.2) is 24.3 Å². The van der Waals surface area contributed by atoms with E-state index in [2.05, 4.69) is 22.8 Å². The lowest BCUT2D eigenvalue weighted by Crippen LogP contribution is -2.30. The van der Waals surface area contributed by atoms with Crippen molar-refractivity contribution in [1.82, 2.24) is 10.6 Å². The molecule has 100 valence electrons. The number of piperidine rings is 1. The van der Waals surface area contributed by atoms with Gasteiger partial charge in [0.25, 0.3) is 0 Å². The minimum Gasteiger partial charge on any atom is -0.317 e. The smallest absolute Gasteiger partial charge is 0.0406 e. The monoisotopic (exact) mass is 266 g/mol. The molecule has 1 aliphatic rings. The van der Waals surface area contributed by atoms with Gasteiger partial charge in [0.15, 0.2) is 0 Å². The molecular weight excluding hydrogens is 244 g/mol. The number of rotatable bonds is 6. The molecule has 1 aromatic carbocycles. The molecule has 0 unspecified atom stereocenters. The summed E-state index contributed by atoms with van der Waals surface area (Å²) in [7, 11) is 0. The molecule has 2 N–H and O–H groups in total. The van der Waals surface area contributed by atoms with Crippen molar-refractivity contribution >= 4 is 11.6 Å². The van der Waals surface area contributed by atoms with Crippen LogP contribution in [0, 0.1) is 5.92 Å². The van der Waals surface area contributed by atoms with E-state index in [1.165, 1.54) is 37.9 Å². The van der Waals surface area contributed by atoms with Crippen molar-refractivity contribution in [2.75, 3.05) is 26.2 Å². The van der Waals surface area contributed by atoms with Crippen molar-refractivity contribution in [2.45, 2.75) is 25.7 Å². The van der Waals surface area contributed by atoms with E-state index in [1.54, 1.807) is 0 Å². The van der Waals surface area contributed by atoms with Gasteiger partial charge in [-0.25, -0.2) is 0 Å². The van der Waals surface area contributed by atoms with Crippen LogP contribution in [0.25, 0.3) is 0 Å². The zero-order valence-electron chi connectivity index (χ0n) is 10.9. The summed E-state index contributed by atoms with van der Waals surface area (Å²) in [6, 6.07) is 8.14. The topological polar surface area (TPSA) is 24.1 Å². The van der Waals surface area contributed by atoms with Gasteiger partial charge in [-0.3, -0.25) is 0 Å². The van der Waals surface area contributed by atoms with Crippen LogP contribution in [0.3, 0.4) is 0 Å². The average Bonchev–Trinajstić information content (AvgIpc) is 2.42. The van der Waals surface area contributed by atoms with Crippen LogP contribution in [-0.2, 0) is 6.42 Å². The van der Waals surface area contributed by atoms with Gasteiger partial charge >= 0.3 is 0 Å². The lowest BCUT2D eigenvalue weighted by atomic mass is 9.95. The fourth-order valence-corrected chi connectivity index (χ4v) is 2.61. The van der Waals surface area contributed by atoms with Crippen molar-refractivity contribution in [3.8, 4) is 0 Å². The first-order chi connectivity index (χ1) is 8.84. The maximum absolute atomic E-state index is 5.86. The van der Waals surface area contributed by atoms with Crippen molar-refractivity contribution in [1.29, 1.82) is 0 Å². The summed E-state index contributed by atoms with van der Waals surface area (Å²) in [4.78, 5) is 0. The predicted molar refractivity (Wildman–Crippen MR) is 78.2 cm³/mol. The molecule has 0 spiro atoms. The maximum Gasteiger partial charge on any atom is 0.0406 e. The SMILES string of the molecule is Clc1ccc(CCNCCC2CCNCC2)cc1. The molecule has 3 heteroatoms. The van der Waals surface area contributed by atoms with Gasteiger partial charge in [-0.2, -0.15) is 0 Å². The summed E-state index contributed by atoms with van der Waals surface area (Å²) in [6.45, 7) is 4.62. The fraction of sp³-hybridized carbons (Fsp3) is 0.600. The van der Waals surface area contributed by atoms with E-state index in [0.717, 1.165) is 30.5 Å². The molecule has 1 aromatic rings. The largest absolute Gasteiger partial charge is 0.317 e. The second kappa shape index (κ2) is 7.78. The highest BCUT2D eigenvalue weighted by Gasteiger charge is 2.11. The van der Waals surface area contributed by atoms with Gasteiger partial charge in [0.05, 0.1) is 0 Å². The number of benzene rings is 1. The van der Waals surface area contributed by atoms with Crippen LogP contribution in [0.5, 0.6) is 0 Å². The van der Waals surface area contributed by atoms with E-state index in [-0.39, 0.29) is 0 Å². The molecule has 1 heterocycles. The third-order valence-corrected chi connectivity index (χ3v) is 3.94. The zero-order valence-corrected chi connectivity index (χ0v) is 11.7. The molecule has 2 nitrogen and oxygen atoms in total. The van der Waals surface area contributed by atoms with Crippen LogP contribution < -0.4 is 10.6 Å². The molecule has 0 radical (unpaired) electrons. The Morgan fingerprint density at radius 1 is 1.11 bits per heavy atom. The Morgan fingerprint density at radius 3 is 2.56 bits per heavy atom. The highest BCUT2D eigenvalue weighted by Crippen LogP contribution is 2.14. The first-order valence-electron chi connectivity index (χ1n) is 7.00. The Kier molecular flexibility index (Phi) is 5.98. The minimum absolute atomic E-state index is 0.817. The van der Waals surface area contributed by atoms with E-state index in [9.17, 15) is 0 Å². The van der Waals surface area contributed by atoms with Gasteiger partial charge in [0.1, 0.15) is 0 Å². The van der Waals surface area contributed by atoms with Crippen molar-refractivity contribution < 1.29 is 0 Å². The van der Waals surface area contributed by atoms with Gasteiger partial charge in [0, 0.05) is 5.02 Å². The van der Waals surface area contributed by atoms with E-state index in [4.69, 9.17) is 11.6 Å². The van der Waals surface area contributed by atoms with E-state index in [1.807, 2.05) is 12.1 Å². The molecule has 18 heavy (non-hydrogen) atoms. The summed E-state index contributed by atoms with van der Waals surface area (Å²) in [5.74, 6) is 0.925. The molecular formula is C15H23ClN2. The first-order valence-corrected chi connectivity index (χ1v) is 7.38. The van der Waals surface area contributed by atoms with Crippen LogP contribution in [0.1, 0.15) is 24.8 Å². The van der Waals surface area contributed by atoms with Crippen molar-refractivity contribution in [3.05, 3.63) is 34.9 Å². The molecule has 0 aromatic heterocycles. The zero-order chi connectivity index (χ0) is 12.6. The fourth-order valence-electron chi connectivity index (χ4n) is 2.49. The van der Waals surface area contributed by atoms with E-state index >= 15 is 0 Å². The van der Waals surface area contributed by atoms with Gasteiger partial charge in [-0.15, -0.1) is 0 Å². The summed E-state index contributed by atoms with van der Waals surface area (Å²) >= 11 is 5.86. The van der Waals surface area contributed by atoms with Crippen LogP contribution in [0.4, 0.5) is 0 Å². The Hall–Kier alpha value is -0.570. The maximum atomic E-state index is 5.86. The normalized spacial score (nSPS) is 16.9. The first kappa shape index (κ1) is 13.9. The molecule has 0 saturated carbocycles. The van der Waals surface area contributed by atoms with Crippen molar-refractivity contribution in [2.24, 2.45) is 5.92 Å². The molecule has 0 aliphatic carbocycles. The Balaban J connectivity index is 1.54. The summed E-state index contributed by atoms with van der Waals surface area (Å²) < 4.78 is 0. The van der Waals surface area contributed by atoms with Gasteiger partial charge in [-0.1, -0.05) is 23.7 Å². The number of hydrogen-bond acceptors (Lipinski definition) is 2. The standard InChI is InChI=1S/C15H23ClN2/c16-15-3-1-13(2-4-15)5-9-17-10-6-14-7-11-18-12-8-14/h1-4,14,17-18H,5-12H2. The lowest BCUT2D eigenvalue weighted by molar-refractivity contribution is 0.349. The van der Waals surface area contributed by atoms with Gasteiger partial charge in [0.2, 0.25) is 0 Å². The van der Waals surface area contributed by atoms with E-state index < -0.39 is 0 Å². The van der Waals surface area contributed by atoms with Gasteiger partial charge in [-0.05, 0) is 75.5 Å². The third-order valence-electron chi connectivity index (χ3n) is 3.69. The molecule has 1 aliphatic heterocycles.